The second kappa shape index (κ2) is 9.00. The van der Waals surface area contributed by atoms with Crippen molar-refractivity contribution in [2.45, 2.75) is 12.5 Å². The third kappa shape index (κ3) is 4.08. The van der Waals surface area contributed by atoms with Gasteiger partial charge in [0.15, 0.2) is 0 Å². The van der Waals surface area contributed by atoms with Crippen LogP contribution in [0.15, 0.2) is 84.4 Å². The van der Waals surface area contributed by atoms with Crippen molar-refractivity contribution in [2.75, 3.05) is 12.0 Å². The van der Waals surface area contributed by atoms with Crippen LogP contribution in [0.25, 0.3) is 5.76 Å². The van der Waals surface area contributed by atoms with Crippen molar-refractivity contribution >= 4 is 29.1 Å². The number of aliphatic hydroxyl groups excluding tert-OH is 1. The van der Waals surface area contributed by atoms with Gasteiger partial charge in [0.2, 0.25) is 0 Å². The largest absolute Gasteiger partial charge is 0.507 e. The van der Waals surface area contributed by atoms with Crippen LogP contribution in [-0.4, -0.2) is 35.0 Å². The zero-order valence-corrected chi connectivity index (χ0v) is 17.8. The quantitative estimate of drug-likeness (QED) is 0.340. The molecule has 7 nitrogen and oxygen atoms in total. The van der Waals surface area contributed by atoms with E-state index in [1.165, 1.54) is 12.0 Å². The van der Waals surface area contributed by atoms with Crippen molar-refractivity contribution in [1.82, 2.24) is 0 Å². The molecule has 3 aromatic carbocycles. The Balaban J connectivity index is 1.89. The molecule has 1 amide bonds. The molecule has 1 aliphatic rings. The molecule has 1 unspecified atom stereocenters. The van der Waals surface area contributed by atoms with E-state index in [-0.39, 0.29) is 17.8 Å². The van der Waals surface area contributed by atoms with Crippen LogP contribution in [0.3, 0.4) is 0 Å². The molecular formula is C26H21NO6. The monoisotopic (exact) mass is 443 g/mol. The van der Waals surface area contributed by atoms with E-state index in [4.69, 9.17) is 9.84 Å². The van der Waals surface area contributed by atoms with Crippen LogP contribution >= 0.6 is 0 Å². The van der Waals surface area contributed by atoms with Crippen LogP contribution in [0, 0.1) is 0 Å². The highest BCUT2D eigenvalue weighted by Gasteiger charge is 2.47. The van der Waals surface area contributed by atoms with E-state index in [2.05, 4.69) is 0 Å². The average Bonchev–Trinajstić information content (AvgIpc) is 3.10. The number of carbonyl (C=O) groups excluding carboxylic acids is 2. The molecule has 4 rings (SSSR count). The van der Waals surface area contributed by atoms with E-state index < -0.39 is 23.7 Å². The predicted molar refractivity (Wildman–Crippen MR) is 122 cm³/mol. The van der Waals surface area contributed by atoms with E-state index in [1.807, 2.05) is 6.07 Å². The fourth-order valence-corrected chi connectivity index (χ4v) is 3.98. The zero-order valence-electron chi connectivity index (χ0n) is 17.8. The number of hydrogen-bond donors (Lipinski definition) is 2. The van der Waals surface area contributed by atoms with Crippen LogP contribution in [0.5, 0.6) is 5.75 Å². The Bertz CT molecular complexity index is 1250. The summed E-state index contributed by atoms with van der Waals surface area (Å²) in [5, 5.41) is 20.2. The summed E-state index contributed by atoms with van der Waals surface area (Å²) in [5.41, 5.74) is 1.87. The summed E-state index contributed by atoms with van der Waals surface area (Å²) in [4.78, 5) is 38.6. The number of hydrogen-bond acceptors (Lipinski definition) is 5. The number of carboxylic acid groups (broad SMARTS) is 1. The first-order valence-electron chi connectivity index (χ1n) is 10.2. The van der Waals surface area contributed by atoms with Crippen LogP contribution in [0.2, 0.25) is 0 Å². The van der Waals surface area contributed by atoms with E-state index in [0.717, 1.165) is 0 Å². The molecule has 1 heterocycles. The lowest BCUT2D eigenvalue weighted by atomic mass is 9.95. The molecule has 1 atom stereocenters. The van der Waals surface area contributed by atoms with Gasteiger partial charge >= 0.3 is 5.97 Å². The number of anilines is 1. The Labute approximate surface area is 190 Å². The average molecular weight is 443 g/mol. The van der Waals surface area contributed by atoms with E-state index in [1.54, 1.807) is 72.8 Å². The molecule has 2 N–H and O–H groups in total. The molecule has 1 saturated heterocycles. The minimum absolute atomic E-state index is 0.0506. The van der Waals surface area contributed by atoms with Crippen molar-refractivity contribution in [3.8, 4) is 5.75 Å². The number of ketones is 1. The highest BCUT2D eigenvalue weighted by molar-refractivity contribution is 6.51. The molecular weight excluding hydrogens is 422 g/mol. The van der Waals surface area contributed by atoms with Gasteiger partial charge in [-0.05, 0) is 35.4 Å². The number of carboxylic acids is 1. The molecule has 3 aromatic rings. The molecule has 0 saturated carbocycles. The first-order chi connectivity index (χ1) is 15.9. The van der Waals surface area contributed by atoms with Gasteiger partial charge in [-0.2, -0.15) is 0 Å². The summed E-state index contributed by atoms with van der Waals surface area (Å²) in [6, 6.07) is 21.2. The smallest absolute Gasteiger partial charge is 0.307 e. The first-order valence-corrected chi connectivity index (χ1v) is 10.2. The third-order valence-electron chi connectivity index (χ3n) is 5.49. The van der Waals surface area contributed by atoms with Crippen LogP contribution in [-0.2, 0) is 20.8 Å². The van der Waals surface area contributed by atoms with Crippen molar-refractivity contribution in [3.63, 3.8) is 0 Å². The van der Waals surface area contributed by atoms with Gasteiger partial charge in [0.05, 0.1) is 30.7 Å². The number of aliphatic carboxylic acids is 1. The van der Waals surface area contributed by atoms with Gasteiger partial charge in [-0.25, -0.2) is 0 Å². The number of benzene rings is 3. The number of ether oxygens (including phenoxy) is 1. The van der Waals surface area contributed by atoms with Crippen molar-refractivity contribution in [1.29, 1.82) is 0 Å². The summed E-state index contributed by atoms with van der Waals surface area (Å²) >= 11 is 0. The minimum Gasteiger partial charge on any atom is -0.507 e. The molecule has 0 spiro atoms. The van der Waals surface area contributed by atoms with Gasteiger partial charge in [-0.3, -0.25) is 19.3 Å². The van der Waals surface area contributed by atoms with Crippen molar-refractivity contribution in [2.24, 2.45) is 0 Å². The maximum absolute atomic E-state index is 13.2. The molecule has 1 fully saturated rings. The van der Waals surface area contributed by atoms with E-state index >= 15 is 0 Å². The molecule has 0 aliphatic carbocycles. The van der Waals surface area contributed by atoms with Gasteiger partial charge in [-0.1, -0.05) is 54.6 Å². The lowest BCUT2D eigenvalue weighted by Crippen LogP contribution is -2.29. The number of nitrogens with zero attached hydrogens (tertiary/aromatic N) is 1. The maximum Gasteiger partial charge on any atom is 0.307 e. The van der Waals surface area contributed by atoms with Crippen molar-refractivity contribution in [3.05, 3.63) is 101 Å². The Hall–Kier alpha value is -4.39. The maximum atomic E-state index is 13.2. The number of amides is 1. The van der Waals surface area contributed by atoms with Crippen LogP contribution in [0.4, 0.5) is 5.69 Å². The molecule has 0 bridgehead atoms. The molecule has 0 radical (unpaired) electrons. The lowest BCUT2D eigenvalue weighted by Gasteiger charge is -2.25. The topological polar surface area (TPSA) is 104 Å². The summed E-state index contributed by atoms with van der Waals surface area (Å²) in [7, 11) is 1.46. The zero-order chi connectivity index (χ0) is 23.5. The fraction of sp³-hybridized carbons (Fsp3) is 0.115. The molecule has 1 aliphatic heterocycles. The second-order valence-corrected chi connectivity index (χ2v) is 7.52. The Morgan fingerprint density at radius 2 is 1.55 bits per heavy atom. The molecule has 166 valence electrons. The highest BCUT2D eigenvalue weighted by Crippen LogP contribution is 2.43. The third-order valence-corrected chi connectivity index (χ3v) is 5.49. The summed E-state index contributed by atoms with van der Waals surface area (Å²) in [5.74, 6) is -2.53. The van der Waals surface area contributed by atoms with E-state index in [0.29, 0.717) is 28.1 Å². The summed E-state index contributed by atoms with van der Waals surface area (Å²) in [6.07, 6.45) is -0.158. The second-order valence-electron chi connectivity index (χ2n) is 7.52. The van der Waals surface area contributed by atoms with Crippen LogP contribution < -0.4 is 9.64 Å². The number of rotatable bonds is 6. The summed E-state index contributed by atoms with van der Waals surface area (Å²) < 4.78 is 5.33. The molecule has 7 heteroatoms. The minimum atomic E-state index is -0.968. The number of carbonyl (C=O) groups is 3. The normalized spacial score (nSPS) is 17.2. The number of Topliss-reactive ketones (excluding diaryl/α,β-unsaturated/α-hetero) is 1. The lowest BCUT2D eigenvalue weighted by molar-refractivity contribution is -0.136. The Kier molecular flexibility index (Phi) is 5.95. The van der Waals surface area contributed by atoms with Crippen LogP contribution in [0.1, 0.15) is 22.7 Å². The van der Waals surface area contributed by atoms with Gasteiger partial charge in [-0.15, -0.1) is 0 Å². The fourth-order valence-electron chi connectivity index (χ4n) is 3.98. The van der Waals surface area contributed by atoms with E-state index in [9.17, 15) is 19.5 Å². The standard InChI is InChI=1S/C26H21NO6/c1-33-20-10-6-5-9-19(20)24(30)22-23(17-7-3-2-4-8-17)27(26(32)25(22)31)18-13-11-16(12-14-18)15-21(28)29/h2-14,23,30H,15H2,1H3,(H,28,29)/b24-22-. The summed E-state index contributed by atoms with van der Waals surface area (Å²) in [6.45, 7) is 0. The Morgan fingerprint density at radius 1 is 0.909 bits per heavy atom. The van der Waals surface area contributed by atoms with Gasteiger partial charge in [0.25, 0.3) is 11.7 Å². The Morgan fingerprint density at radius 3 is 2.18 bits per heavy atom. The predicted octanol–water partition coefficient (Wildman–Crippen LogP) is 3.95. The number of methoxy groups -OCH3 is 1. The first kappa shape index (κ1) is 21.8. The highest BCUT2D eigenvalue weighted by atomic mass is 16.5. The van der Waals surface area contributed by atoms with Crippen molar-refractivity contribution < 1.29 is 29.3 Å². The van der Waals surface area contributed by atoms with Gasteiger partial charge in [0.1, 0.15) is 11.5 Å². The molecule has 0 aromatic heterocycles. The number of para-hydroxylation sites is 1. The van der Waals surface area contributed by atoms with Gasteiger partial charge in [0, 0.05) is 5.69 Å². The number of aliphatic hydroxyl groups is 1. The SMILES string of the molecule is COc1ccccc1/C(O)=C1/C(=O)C(=O)N(c2ccc(CC(=O)O)cc2)C1c1ccccc1. The van der Waals surface area contributed by atoms with Gasteiger partial charge < -0.3 is 14.9 Å². The molecule has 33 heavy (non-hydrogen) atoms.